The van der Waals surface area contributed by atoms with Crippen LogP contribution in [-0.2, 0) is 10.7 Å². The fraction of sp³-hybridized carbons (Fsp3) is 0.200. The van der Waals surface area contributed by atoms with Crippen molar-refractivity contribution in [2.24, 2.45) is 0 Å². The van der Waals surface area contributed by atoms with Crippen LogP contribution in [0.1, 0.15) is 11.1 Å². The zero-order valence-corrected chi connectivity index (χ0v) is 10.5. The van der Waals surface area contributed by atoms with Crippen LogP contribution in [-0.4, -0.2) is 9.97 Å². The Morgan fingerprint density at radius 2 is 1.29 bits per heavy atom. The Bertz CT molecular complexity index is 414. The average molecular weight is 316 g/mol. The van der Waals surface area contributed by atoms with Crippen molar-refractivity contribution >= 4 is 42.9 Å². The largest absolute Gasteiger partial charge is 0.253 e. The van der Waals surface area contributed by atoms with Crippen LogP contribution in [0.2, 0.25) is 0 Å². The SMILES string of the molecule is BrCc1ccc(CBr)c2nccnc12. The van der Waals surface area contributed by atoms with Gasteiger partial charge in [0, 0.05) is 23.1 Å². The zero-order chi connectivity index (χ0) is 9.97. The van der Waals surface area contributed by atoms with E-state index < -0.39 is 0 Å². The summed E-state index contributed by atoms with van der Waals surface area (Å²) >= 11 is 6.89. The maximum atomic E-state index is 4.35. The molecule has 72 valence electrons. The van der Waals surface area contributed by atoms with Gasteiger partial charge in [0.25, 0.3) is 0 Å². The summed E-state index contributed by atoms with van der Waals surface area (Å²) in [5.41, 5.74) is 4.33. The summed E-state index contributed by atoms with van der Waals surface area (Å²) in [4.78, 5) is 8.69. The summed E-state index contributed by atoms with van der Waals surface area (Å²) in [6.07, 6.45) is 3.46. The Morgan fingerprint density at radius 3 is 1.64 bits per heavy atom. The number of benzene rings is 1. The predicted molar refractivity (Wildman–Crippen MR) is 64.8 cm³/mol. The first-order chi connectivity index (χ1) is 6.86. The Hall–Kier alpha value is -0.480. The van der Waals surface area contributed by atoms with E-state index in [2.05, 4.69) is 54.0 Å². The molecule has 2 aromatic rings. The molecule has 0 N–H and O–H groups in total. The highest BCUT2D eigenvalue weighted by atomic mass is 79.9. The van der Waals surface area contributed by atoms with Gasteiger partial charge in [-0.05, 0) is 11.1 Å². The summed E-state index contributed by atoms with van der Waals surface area (Å²) in [6, 6.07) is 4.17. The van der Waals surface area contributed by atoms with Crippen molar-refractivity contribution in [3.63, 3.8) is 0 Å². The molecule has 0 aliphatic heterocycles. The van der Waals surface area contributed by atoms with Crippen LogP contribution in [0.3, 0.4) is 0 Å². The van der Waals surface area contributed by atoms with Crippen molar-refractivity contribution in [2.75, 3.05) is 0 Å². The van der Waals surface area contributed by atoms with Crippen LogP contribution in [0.15, 0.2) is 24.5 Å². The molecule has 0 bridgehead atoms. The topological polar surface area (TPSA) is 25.8 Å². The van der Waals surface area contributed by atoms with E-state index >= 15 is 0 Å². The van der Waals surface area contributed by atoms with E-state index in [1.807, 2.05) is 0 Å². The van der Waals surface area contributed by atoms with Crippen LogP contribution in [0.25, 0.3) is 11.0 Å². The molecular formula is C10H8Br2N2. The van der Waals surface area contributed by atoms with E-state index in [1.165, 1.54) is 11.1 Å². The lowest BCUT2D eigenvalue weighted by Crippen LogP contribution is -1.92. The van der Waals surface area contributed by atoms with Crippen molar-refractivity contribution in [1.29, 1.82) is 0 Å². The Balaban J connectivity index is 2.78. The summed E-state index contributed by atoms with van der Waals surface area (Å²) < 4.78 is 0. The minimum absolute atomic E-state index is 0.810. The first kappa shape index (κ1) is 10.1. The van der Waals surface area contributed by atoms with E-state index in [9.17, 15) is 0 Å². The molecule has 1 heterocycles. The molecule has 4 heteroatoms. The molecule has 2 nitrogen and oxygen atoms in total. The second-order valence-electron chi connectivity index (χ2n) is 2.90. The number of halogens is 2. The van der Waals surface area contributed by atoms with Crippen LogP contribution in [0.4, 0.5) is 0 Å². The summed E-state index contributed by atoms with van der Waals surface area (Å²) in [7, 11) is 0. The van der Waals surface area contributed by atoms with E-state index in [0.717, 1.165) is 21.7 Å². The fourth-order valence-corrected chi connectivity index (χ4v) is 2.29. The average Bonchev–Trinajstić information content (AvgIpc) is 2.27. The van der Waals surface area contributed by atoms with Gasteiger partial charge in [0.05, 0.1) is 11.0 Å². The molecule has 0 fully saturated rings. The van der Waals surface area contributed by atoms with Gasteiger partial charge in [-0.3, -0.25) is 9.97 Å². The molecule has 0 spiro atoms. The van der Waals surface area contributed by atoms with Gasteiger partial charge in [0.1, 0.15) is 0 Å². The lowest BCUT2D eigenvalue weighted by atomic mass is 10.1. The van der Waals surface area contributed by atoms with Crippen molar-refractivity contribution in [2.45, 2.75) is 10.7 Å². The number of aromatic nitrogens is 2. The van der Waals surface area contributed by atoms with Crippen molar-refractivity contribution in [3.05, 3.63) is 35.7 Å². The van der Waals surface area contributed by atoms with Crippen LogP contribution >= 0.6 is 31.9 Å². The normalized spacial score (nSPS) is 10.7. The number of hydrogen-bond donors (Lipinski definition) is 0. The maximum Gasteiger partial charge on any atom is 0.0930 e. The smallest absolute Gasteiger partial charge is 0.0930 e. The van der Waals surface area contributed by atoms with Crippen molar-refractivity contribution in [1.82, 2.24) is 9.97 Å². The highest BCUT2D eigenvalue weighted by Crippen LogP contribution is 2.22. The fourth-order valence-electron chi connectivity index (χ4n) is 1.38. The second kappa shape index (κ2) is 4.36. The molecule has 14 heavy (non-hydrogen) atoms. The van der Waals surface area contributed by atoms with Crippen molar-refractivity contribution < 1.29 is 0 Å². The minimum atomic E-state index is 0.810. The summed E-state index contributed by atoms with van der Waals surface area (Å²) in [6.45, 7) is 0. The highest BCUT2D eigenvalue weighted by molar-refractivity contribution is 9.08. The molecule has 0 atom stereocenters. The van der Waals surface area contributed by atoms with Gasteiger partial charge in [-0.1, -0.05) is 44.0 Å². The minimum Gasteiger partial charge on any atom is -0.253 e. The molecule has 1 aromatic carbocycles. The standard InChI is InChI=1S/C10H8Br2N2/c11-5-7-1-2-8(6-12)10-9(7)13-3-4-14-10/h1-4H,5-6H2. The lowest BCUT2D eigenvalue weighted by molar-refractivity contribution is 1.24. The molecule has 0 amide bonds. The third kappa shape index (κ3) is 1.68. The van der Waals surface area contributed by atoms with E-state index in [0.29, 0.717) is 0 Å². The molecule has 0 aliphatic rings. The van der Waals surface area contributed by atoms with Crippen molar-refractivity contribution in [3.8, 4) is 0 Å². The molecule has 0 saturated carbocycles. The maximum absolute atomic E-state index is 4.35. The third-order valence-corrected chi connectivity index (χ3v) is 3.29. The Labute approximate surface area is 99.0 Å². The number of alkyl halides is 2. The van der Waals surface area contributed by atoms with Gasteiger partial charge in [-0.15, -0.1) is 0 Å². The van der Waals surface area contributed by atoms with Gasteiger partial charge < -0.3 is 0 Å². The molecule has 0 saturated heterocycles. The molecule has 2 rings (SSSR count). The van der Waals surface area contributed by atoms with Gasteiger partial charge in [0.15, 0.2) is 0 Å². The van der Waals surface area contributed by atoms with Gasteiger partial charge in [-0.2, -0.15) is 0 Å². The van der Waals surface area contributed by atoms with Gasteiger partial charge in [0.2, 0.25) is 0 Å². The van der Waals surface area contributed by atoms with Gasteiger partial charge >= 0.3 is 0 Å². The number of nitrogens with zero attached hydrogens (tertiary/aromatic N) is 2. The lowest BCUT2D eigenvalue weighted by Gasteiger charge is -2.05. The van der Waals surface area contributed by atoms with E-state index in [4.69, 9.17) is 0 Å². The molecular weight excluding hydrogens is 308 g/mol. The van der Waals surface area contributed by atoms with Crippen LogP contribution < -0.4 is 0 Å². The Morgan fingerprint density at radius 1 is 0.857 bits per heavy atom. The van der Waals surface area contributed by atoms with Crippen LogP contribution in [0.5, 0.6) is 0 Å². The second-order valence-corrected chi connectivity index (χ2v) is 4.03. The molecule has 0 radical (unpaired) electrons. The third-order valence-electron chi connectivity index (χ3n) is 2.08. The summed E-state index contributed by atoms with van der Waals surface area (Å²) in [5, 5.41) is 1.62. The quantitative estimate of drug-likeness (QED) is 0.794. The van der Waals surface area contributed by atoms with Gasteiger partial charge in [-0.25, -0.2) is 0 Å². The monoisotopic (exact) mass is 314 g/mol. The molecule has 0 aliphatic carbocycles. The molecule has 1 aromatic heterocycles. The summed E-state index contributed by atoms with van der Waals surface area (Å²) in [5.74, 6) is 0. The van der Waals surface area contributed by atoms with Crippen LogP contribution in [0, 0.1) is 0 Å². The number of fused-ring (bicyclic) bond motifs is 1. The Kier molecular flexibility index (Phi) is 3.13. The number of hydrogen-bond acceptors (Lipinski definition) is 2. The van der Waals surface area contributed by atoms with E-state index in [1.54, 1.807) is 12.4 Å². The zero-order valence-electron chi connectivity index (χ0n) is 7.37. The first-order valence-electron chi connectivity index (χ1n) is 4.20. The van der Waals surface area contributed by atoms with E-state index in [-0.39, 0.29) is 0 Å². The predicted octanol–water partition coefficient (Wildman–Crippen LogP) is 3.42. The number of rotatable bonds is 2. The first-order valence-corrected chi connectivity index (χ1v) is 6.44. The molecule has 0 unspecified atom stereocenters. The highest BCUT2D eigenvalue weighted by Gasteiger charge is 2.05.